The number of aryl methyl sites for hydroxylation is 4. The van der Waals surface area contributed by atoms with Crippen molar-refractivity contribution in [2.24, 2.45) is 0 Å². The van der Waals surface area contributed by atoms with Gasteiger partial charge in [-0.15, -0.1) is 0 Å². The van der Waals surface area contributed by atoms with Crippen LogP contribution in [0.3, 0.4) is 0 Å². The van der Waals surface area contributed by atoms with Gasteiger partial charge in [-0.05, 0) is 63.8 Å². The Balaban J connectivity index is 1.46. The van der Waals surface area contributed by atoms with Gasteiger partial charge in [0.15, 0.2) is 5.65 Å². The summed E-state index contributed by atoms with van der Waals surface area (Å²) in [7, 11) is 0. The number of furan rings is 1. The Morgan fingerprint density at radius 2 is 1.84 bits per heavy atom. The predicted molar refractivity (Wildman–Crippen MR) is 126 cm³/mol. The minimum Gasteiger partial charge on any atom is -0.469 e. The minimum absolute atomic E-state index is 0.0532. The molecule has 1 N–H and O–H groups in total. The van der Waals surface area contributed by atoms with Crippen molar-refractivity contribution in [2.75, 3.05) is 0 Å². The van der Waals surface area contributed by atoms with E-state index in [1.165, 1.54) is 0 Å². The van der Waals surface area contributed by atoms with Crippen molar-refractivity contribution >= 4 is 11.6 Å². The molecule has 0 saturated carbocycles. The van der Waals surface area contributed by atoms with E-state index < -0.39 is 0 Å². The van der Waals surface area contributed by atoms with Crippen molar-refractivity contribution in [3.05, 3.63) is 77.1 Å². The fourth-order valence-corrected chi connectivity index (χ4v) is 4.24. The summed E-state index contributed by atoms with van der Waals surface area (Å²) in [6.07, 6.45) is 4.40. The van der Waals surface area contributed by atoms with Gasteiger partial charge in [-0.25, -0.2) is 9.50 Å². The Morgan fingerprint density at radius 3 is 2.56 bits per heavy atom. The summed E-state index contributed by atoms with van der Waals surface area (Å²) in [5, 5.41) is 7.86. The normalized spacial score (nSPS) is 12.2. The largest absolute Gasteiger partial charge is 0.469 e. The van der Waals surface area contributed by atoms with Gasteiger partial charge in [0.2, 0.25) is 5.91 Å². The van der Waals surface area contributed by atoms with E-state index in [-0.39, 0.29) is 11.9 Å². The van der Waals surface area contributed by atoms with Crippen molar-refractivity contribution in [1.29, 1.82) is 0 Å². The molecule has 0 spiro atoms. The number of hydrogen-bond acceptors (Lipinski definition) is 4. The van der Waals surface area contributed by atoms with E-state index in [1.54, 1.807) is 6.26 Å². The Hall–Kier alpha value is -3.41. The first-order chi connectivity index (χ1) is 15.4. The number of nitrogens with one attached hydrogen (secondary N) is 1. The number of hydrogen-bond donors (Lipinski definition) is 1. The lowest BCUT2D eigenvalue weighted by Gasteiger charge is -2.15. The molecule has 1 aromatic carbocycles. The molecule has 0 aliphatic rings. The molecule has 4 rings (SSSR count). The standard InChI is InChI=1S/C26H30N4O2/c1-17(12-13-22-11-8-16-32-22)27-24(31)15-14-23-18(2)28-26-25(21-9-6-5-7-10-21)19(3)29-30(26)20(23)4/h5-11,16-17H,12-15H2,1-4H3,(H,27,31)/t17-/m0/s1. The monoisotopic (exact) mass is 430 g/mol. The van der Waals surface area contributed by atoms with Gasteiger partial charge in [0.05, 0.1) is 12.0 Å². The van der Waals surface area contributed by atoms with Gasteiger partial charge >= 0.3 is 0 Å². The van der Waals surface area contributed by atoms with E-state index in [9.17, 15) is 4.79 Å². The van der Waals surface area contributed by atoms with Gasteiger partial charge in [0, 0.05) is 35.8 Å². The van der Waals surface area contributed by atoms with Gasteiger partial charge in [-0.2, -0.15) is 5.10 Å². The number of nitrogens with zero attached hydrogens (tertiary/aromatic N) is 3. The average molecular weight is 431 g/mol. The van der Waals surface area contributed by atoms with E-state index in [1.807, 2.05) is 55.6 Å². The van der Waals surface area contributed by atoms with Gasteiger partial charge in [-0.3, -0.25) is 4.79 Å². The smallest absolute Gasteiger partial charge is 0.220 e. The second kappa shape index (κ2) is 9.39. The van der Waals surface area contributed by atoms with Crippen molar-refractivity contribution in [3.8, 4) is 11.1 Å². The third-order valence-electron chi connectivity index (χ3n) is 5.98. The van der Waals surface area contributed by atoms with E-state index in [4.69, 9.17) is 14.5 Å². The van der Waals surface area contributed by atoms with Crippen LogP contribution in [-0.2, 0) is 17.6 Å². The maximum absolute atomic E-state index is 12.5. The number of aromatic nitrogens is 3. The van der Waals surface area contributed by atoms with Crippen molar-refractivity contribution in [3.63, 3.8) is 0 Å². The van der Waals surface area contributed by atoms with E-state index in [0.717, 1.165) is 58.0 Å². The molecule has 1 amide bonds. The lowest BCUT2D eigenvalue weighted by atomic mass is 10.0. The molecule has 6 nitrogen and oxygen atoms in total. The van der Waals surface area contributed by atoms with Crippen LogP contribution in [0.1, 0.15) is 48.2 Å². The number of fused-ring (bicyclic) bond motifs is 1. The molecule has 0 bridgehead atoms. The molecule has 3 heterocycles. The van der Waals surface area contributed by atoms with Crippen LogP contribution in [0.5, 0.6) is 0 Å². The van der Waals surface area contributed by atoms with E-state index in [2.05, 4.69) is 24.4 Å². The summed E-state index contributed by atoms with van der Waals surface area (Å²) in [6.45, 7) is 8.12. The molecule has 0 aliphatic heterocycles. The van der Waals surface area contributed by atoms with Crippen LogP contribution in [0, 0.1) is 20.8 Å². The van der Waals surface area contributed by atoms with E-state index >= 15 is 0 Å². The molecule has 0 saturated heterocycles. The Morgan fingerprint density at radius 1 is 1.06 bits per heavy atom. The van der Waals surface area contributed by atoms with Crippen LogP contribution in [0.4, 0.5) is 0 Å². The fraction of sp³-hybridized carbons (Fsp3) is 0.346. The molecule has 166 valence electrons. The van der Waals surface area contributed by atoms with Gasteiger partial charge in [0.1, 0.15) is 5.76 Å². The average Bonchev–Trinajstić information content (AvgIpc) is 3.40. The maximum atomic E-state index is 12.5. The highest BCUT2D eigenvalue weighted by Gasteiger charge is 2.18. The van der Waals surface area contributed by atoms with Gasteiger partial charge in [0.25, 0.3) is 0 Å². The van der Waals surface area contributed by atoms with Crippen LogP contribution in [-0.4, -0.2) is 26.5 Å². The zero-order chi connectivity index (χ0) is 22.7. The van der Waals surface area contributed by atoms with Crippen molar-refractivity contribution in [2.45, 2.75) is 59.4 Å². The first-order valence-electron chi connectivity index (χ1n) is 11.2. The molecule has 6 heteroatoms. The number of amides is 1. The second-order valence-corrected chi connectivity index (χ2v) is 8.41. The maximum Gasteiger partial charge on any atom is 0.220 e. The Bertz CT molecular complexity index is 1210. The third kappa shape index (κ3) is 4.59. The molecule has 0 unspecified atom stereocenters. The molecule has 3 aromatic heterocycles. The second-order valence-electron chi connectivity index (χ2n) is 8.41. The zero-order valence-electron chi connectivity index (χ0n) is 19.2. The van der Waals surface area contributed by atoms with Crippen LogP contribution in [0.2, 0.25) is 0 Å². The summed E-state index contributed by atoms with van der Waals surface area (Å²) in [4.78, 5) is 17.4. The summed E-state index contributed by atoms with van der Waals surface area (Å²) < 4.78 is 7.29. The first-order valence-corrected chi connectivity index (χ1v) is 11.2. The number of carbonyl (C=O) groups is 1. The number of rotatable bonds is 8. The highest BCUT2D eigenvalue weighted by atomic mass is 16.3. The summed E-state index contributed by atoms with van der Waals surface area (Å²) in [5.74, 6) is 0.999. The van der Waals surface area contributed by atoms with E-state index in [0.29, 0.717) is 12.8 Å². The molecule has 32 heavy (non-hydrogen) atoms. The summed E-state index contributed by atoms with van der Waals surface area (Å²) in [5.41, 5.74) is 7.06. The molecule has 1 atom stereocenters. The summed E-state index contributed by atoms with van der Waals surface area (Å²) >= 11 is 0. The van der Waals surface area contributed by atoms with Crippen LogP contribution >= 0.6 is 0 Å². The molecule has 0 aliphatic carbocycles. The quantitative estimate of drug-likeness (QED) is 0.428. The van der Waals surface area contributed by atoms with Crippen LogP contribution < -0.4 is 5.32 Å². The predicted octanol–water partition coefficient (Wildman–Crippen LogP) is 4.98. The third-order valence-corrected chi connectivity index (χ3v) is 5.98. The first kappa shape index (κ1) is 21.8. The SMILES string of the molecule is Cc1nc2c(-c3ccccc3)c(C)nn2c(C)c1CCC(=O)N[C@@H](C)CCc1ccco1. The lowest BCUT2D eigenvalue weighted by Crippen LogP contribution is -2.33. The number of carbonyl (C=O) groups excluding carboxylic acids is 1. The topological polar surface area (TPSA) is 72.4 Å². The highest BCUT2D eigenvalue weighted by molar-refractivity contribution is 5.80. The molecular weight excluding hydrogens is 400 g/mol. The molecular formula is C26H30N4O2. The summed E-state index contributed by atoms with van der Waals surface area (Å²) in [6, 6.07) is 14.2. The zero-order valence-corrected chi connectivity index (χ0v) is 19.2. The lowest BCUT2D eigenvalue weighted by molar-refractivity contribution is -0.121. The van der Waals surface area contributed by atoms with Crippen LogP contribution in [0.15, 0.2) is 53.1 Å². The van der Waals surface area contributed by atoms with Crippen LogP contribution in [0.25, 0.3) is 16.8 Å². The molecule has 0 fully saturated rings. The molecule has 0 radical (unpaired) electrons. The Labute approximate surface area is 188 Å². The van der Waals surface area contributed by atoms with Gasteiger partial charge in [-0.1, -0.05) is 30.3 Å². The highest BCUT2D eigenvalue weighted by Crippen LogP contribution is 2.29. The minimum atomic E-state index is 0.0532. The fourth-order valence-electron chi connectivity index (χ4n) is 4.24. The Kier molecular flexibility index (Phi) is 6.40. The number of benzene rings is 1. The van der Waals surface area contributed by atoms with Crippen molar-refractivity contribution in [1.82, 2.24) is 19.9 Å². The molecule has 4 aromatic rings. The van der Waals surface area contributed by atoms with Gasteiger partial charge < -0.3 is 9.73 Å². The van der Waals surface area contributed by atoms with Crippen molar-refractivity contribution < 1.29 is 9.21 Å².